The average molecular weight is 447 g/mol. The van der Waals surface area contributed by atoms with Gasteiger partial charge in [0, 0.05) is 32.1 Å². The first-order valence-electron chi connectivity index (χ1n) is 8.78. The highest BCUT2D eigenvalue weighted by atomic mass is 79.9. The van der Waals surface area contributed by atoms with E-state index in [1.54, 1.807) is 0 Å². The number of benzene rings is 1. The maximum Gasteiger partial charge on any atom is 0.174 e. The van der Waals surface area contributed by atoms with Gasteiger partial charge in [-0.2, -0.15) is 10.2 Å². The molecule has 1 aromatic carbocycles. The Hall–Kier alpha value is -2.19. The number of nitrogens with one attached hydrogen (secondary N) is 1. The largest absolute Gasteiger partial charge is 0.346 e. The Bertz CT molecular complexity index is 932. The highest BCUT2D eigenvalue weighted by Gasteiger charge is 2.12. The first kappa shape index (κ1) is 19.6. The molecule has 0 fully saturated rings. The molecule has 0 unspecified atom stereocenters. The Kier molecular flexibility index (Phi) is 6.28. The number of hydrogen-bond donors (Lipinski definition) is 1. The van der Waals surface area contributed by atoms with Crippen LogP contribution >= 0.6 is 28.1 Å². The van der Waals surface area contributed by atoms with Crippen molar-refractivity contribution in [2.45, 2.75) is 33.5 Å². The summed E-state index contributed by atoms with van der Waals surface area (Å²) in [5.74, 6) is 0.735. The van der Waals surface area contributed by atoms with Gasteiger partial charge in [0.25, 0.3) is 0 Å². The van der Waals surface area contributed by atoms with E-state index in [0.717, 1.165) is 29.1 Å². The molecule has 142 valence electrons. The molecular formula is C19H23BrN6S. The molecule has 1 N–H and O–H groups in total. The molecule has 27 heavy (non-hydrogen) atoms. The van der Waals surface area contributed by atoms with Gasteiger partial charge in [-0.15, -0.1) is 0 Å². The van der Waals surface area contributed by atoms with Gasteiger partial charge in [-0.25, -0.2) is 0 Å². The zero-order chi connectivity index (χ0) is 19.4. The number of rotatable bonds is 6. The number of aromatic nitrogens is 4. The van der Waals surface area contributed by atoms with Crippen molar-refractivity contribution in [3.05, 3.63) is 64.0 Å². The van der Waals surface area contributed by atoms with Crippen LogP contribution < -0.4 is 5.32 Å². The molecule has 0 amide bonds. The molecular weight excluding hydrogens is 424 g/mol. The van der Waals surface area contributed by atoms with Crippen LogP contribution in [0.5, 0.6) is 0 Å². The van der Waals surface area contributed by atoms with E-state index in [0.29, 0.717) is 11.7 Å². The van der Waals surface area contributed by atoms with Gasteiger partial charge >= 0.3 is 0 Å². The fourth-order valence-corrected chi connectivity index (χ4v) is 3.30. The minimum atomic E-state index is 0.606. The molecule has 0 spiro atoms. The molecule has 0 radical (unpaired) electrons. The maximum absolute atomic E-state index is 5.51. The Balaban J connectivity index is 1.60. The molecule has 0 atom stereocenters. The molecule has 2 aromatic heterocycles. The van der Waals surface area contributed by atoms with Crippen molar-refractivity contribution < 1.29 is 0 Å². The second-order valence-electron chi connectivity index (χ2n) is 6.39. The summed E-state index contributed by atoms with van der Waals surface area (Å²) in [6.45, 7) is 6.36. The highest BCUT2D eigenvalue weighted by Crippen LogP contribution is 2.17. The lowest BCUT2D eigenvalue weighted by Crippen LogP contribution is -2.31. The molecule has 0 bridgehead atoms. The van der Waals surface area contributed by atoms with Gasteiger partial charge < -0.3 is 10.2 Å². The van der Waals surface area contributed by atoms with E-state index < -0.39 is 0 Å². The van der Waals surface area contributed by atoms with Gasteiger partial charge in [0.1, 0.15) is 0 Å². The Labute approximate surface area is 173 Å². The monoisotopic (exact) mass is 446 g/mol. The van der Waals surface area contributed by atoms with Gasteiger partial charge in [-0.1, -0.05) is 24.3 Å². The molecule has 2 heterocycles. The van der Waals surface area contributed by atoms with Crippen LogP contribution in [0.2, 0.25) is 0 Å². The topological polar surface area (TPSA) is 50.9 Å². The van der Waals surface area contributed by atoms with E-state index >= 15 is 0 Å². The van der Waals surface area contributed by atoms with Crippen molar-refractivity contribution >= 4 is 39.1 Å². The van der Waals surface area contributed by atoms with Crippen molar-refractivity contribution in [1.82, 2.24) is 24.5 Å². The lowest BCUT2D eigenvalue weighted by Gasteiger charge is -2.19. The second kappa shape index (κ2) is 8.67. The fourth-order valence-electron chi connectivity index (χ4n) is 2.69. The quantitative estimate of drug-likeness (QED) is 0.578. The van der Waals surface area contributed by atoms with Gasteiger partial charge in [-0.05, 0) is 53.1 Å². The minimum Gasteiger partial charge on any atom is -0.346 e. The molecule has 8 heteroatoms. The Morgan fingerprint density at radius 1 is 1.22 bits per heavy atom. The zero-order valence-electron chi connectivity index (χ0n) is 15.7. The van der Waals surface area contributed by atoms with Crippen molar-refractivity contribution in [2.24, 2.45) is 0 Å². The normalized spacial score (nSPS) is 10.8. The number of thiocarbonyl (C=S) groups is 1. The highest BCUT2D eigenvalue weighted by molar-refractivity contribution is 9.10. The number of nitrogens with zero attached hydrogens (tertiary/aromatic N) is 5. The summed E-state index contributed by atoms with van der Waals surface area (Å²) in [4.78, 5) is 1.95. The van der Waals surface area contributed by atoms with Gasteiger partial charge in [0.2, 0.25) is 0 Å². The summed E-state index contributed by atoms with van der Waals surface area (Å²) in [5, 5.41) is 12.9. The molecule has 0 aliphatic rings. The van der Waals surface area contributed by atoms with Gasteiger partial charge in [0.15, 0.2) is 10.9 Å². The van der Waals surface area contributed by atoms with E-state index in [9.17, 15) is 0 Å². The van der Waals surface area contributed by atoms with Crippen LogP contribution in [0, 0.1) is 6.92 Å². The van der Waals surface area contributed by atoms with Gasteiger partial charge in [-0.3, -0.25) is 9.36 Å². The van der Waals surface area contributed by atoms with Gasteiger partial charge in [0.05, 0.1) is 23.3 Å². The van der Waals surface area contributed by atoms with E-state index in [1.165, 1.54) is 11.1 Å². The van der Waals surface area contributed by atoms with Crippen LogP contribution in [0.25, 0.3) is 0 Å². The Morgan fingerprint density at radius 2 is 2.00 bits per heavy atom. The summed E-state index contributed by atoms with van der Waals surface area (Å²) in [6, 6.07) is 10.3. The summed E-state index contributed by atoms with van der Waals surface area (Å²) >= 11 is 9.07. The third-order valence-electron chi connectivity index (χ3n) is 4.31. The standard InChI is InChI=1S/C19H23BrN6S/c1-4-25-12-16(20)17(22-25)13-24(3)19(27)21-18-9-10-26(23-18)11-15-8-6-5-7-14(15)2/h5-10,12H,4,11,13H2,1-3H3,(H,21,23,27). The number of hydrogen-bond acceptors (Lipinski definition) is 3. The molecule has 0 aliphatic carbocycles. The summed E-state index contributed by atoms with van der Waals surface area (Å²) in [6.07, 6.45) is 3.93. The Morgan fingerprint density at radius 3 is 2.70 bits per heavy atom. The zero-order valence-corrected chi connectivity index (χ0v) is 18.1. The summed E-state index contributed by atoms with van der Waals surface area (Å²) < 4.78 is 4.80. The summed E-state index contributed by atoms with van der Waals surface area (Å²) in [7, 11) is 1.94. The minimum absolute atomic E-state index is 0.606. The van der Waals surface area contributed by atoms with Crippen LogP contribution in [0.1, 0.15) is 23.7 Å². The first-order chi connectivity index (χ1) is 13.0. The number of anilines is 1. The van der Waals surface area contributed by atoms with Crippen molar-refractivity contribution in [2.75, 3.05) is 12.4 Å². The van der Waals surface area contributed by atoms with Crippen LogP contribution in [-0.2, 0) is 19.6 Å². The maximum atomic E-state index is 5.51. The third kappa shape index (κ3) is 4.95. The number of halogens is 1. The molecule has 3 rings (SSSR count). The van der Waals surface area contributed by atoms with E-state index in [4.69, 9.17) is 12.2 Å². The van der Waals surface area contributed by atoms with E-state index in [-0.39, 0.29) is 0 Å². The van der Waals surface area contributed by atoms with Crippen molar-refractivity contribution in [1.29, 1.82) is 0 Å². The fraction of sp³-hybridized carbons (Fsp3) is 0.316. The van der Waals surface area contributed by atoms with Crippen LogP contribution in [0.4, 0.5) is 5.82 Å². The number of aryl methyl sites for hydroxylation is 2. The molecule has 0 saturated heterocycles. The summed E-state index contributed by atoms with van der Waals surface area (Å²) in [5.41, 5.74) is 3.46. The lowest BCUT2D eigenvalue weighted by molar-refractivity contribution is 0.491. The second-order valence-corrected chi connectivity index (χ2v) is 7.63. The van der Waals surface area contributed by atoms with Crippen LogP contribution in [-0.4, -0.2) is 36.6 Å². The molecule has 3 aromatic rings. The average Bonchev–Trinajstić information content (AvgIpc) is 3.23. The predicted molar refractivity (Wildman–Crippen MR) is 116 cm³/mol. The van der Waals surface area contributed by atoms with Crippen LogP contribution in [0.3, 0.4) is 0 Å². The molecule has 6 nitrogen and oxygen atoms in total. The van der Waals surface area contributed by atoms with Crippen molar-refractivity contribution in [3.63, 3.8) is 0 Å². The van der Waals surface area contributed by atoms with Crippen molar-refractivity contribution in [3.8, 4) is 0 Å². The third-order valence-corrected chi connectivity index (χ3v) is 5.39. The van der Waals surface area contributed by atoms with E-state index in [1.807, 2.05) is 51.9 Å². The van der Waals surface area contributed by atoms with E-state index in [2.05, 4.69) is 57.4 Å². The first-order valence-corrected chi connectivity index (χ1v) is 9.98. The predicted octanol–water partition coefficient (Wildman–Crippen LogP) is 4.05. The molecule has 0 aliphatic heterocycles. The van der Waals surface area contributed by atoms with Crippen LogP contribution in [0.15, 0.2) is 47.2 Å². The molecule has 0 saturated carbocycles. The SMILES string of the molecule is CCn1cc(Br)c(CN(C)C(=S)Nc2ccn(Cc3ccccc3C)n2)n1. The smallest absolute Gasteiger partial charge is 0.174 e. The lowest BCUT2D eigenvalue weighted by atomic mass is 10.1.